The van der Waals surface area contributed by atoms with Crippen LogP contribution in [0.5, 0.6) is 0 Å². The first-order chi connectivity index (χ1) is 13.2. The van der Waals surface area contributed by atoms with Crippen LogP contribution in [0.25, 0.3) is 0 Å². The van der Waals surface area contributed by atoms with E-state index in [9.17, 15) is 24.5 Å². The molecule has 3 N–H and O–H groups in total. The average molecular weight is 479 g/mol. The number of rotatable bonds is 4. The van der Waals surface area contributed by atoms with Crippen molar-refractivity contribution in [3.05, 3.63) is 64.2 Å². The molecule has 1 aromatic carbocycles. The number of nitro benzene ring substituents is 1. The SMILES string of the molecule is N#C/C(C(N)=O)=C1/SC2=C(S1)C(=O)C(Nc1ccc([N+](=O)[O-])cc1)=C(Br)C2=O. The highest BCUT2D eigenvalue weighted by Gasteiger charge is 2.40. The second kappa shape index (κ2) is 7.63. The van der Waals surface area contributed by atoms with Crippen LogP contribution >= 0.6 is 39.5 Å². The van der Waals surface area contributed by atoms with Gasteiger partial charge in [0.1, 0.15) is 17.3 Å². The summed E-state index contributed by atoms with van der Waals surface area (Å²) in [7, 11) is 0. The normalized spacial score (nSPS) is 18.0. The summed E-state index contributed by atoms with van der Waals surface area (Å²) in [6.45, 7) is 0. The third-order valence-electron chi connectivity index (χ3n) is 3.56. The van der Waals surface area contributed by atoms with Crippen molar-refractivity contribution in [1.82, 2.24) is 0 Å². The number of carbonyl (C=O) groups excluding carboxylic acids is 3. The van der Waals surface area contributed by atoms with Crippen LogP contribution in [-0.2, 0) is 14.4 Å². The Morgan fingerprint density at radius 1 is 1.18 bits per heavy atom. The fourth-order valence-electron chi connectivity index (χ4n) is 2.25. The van der Waals surface area contributed by atoms with E-state index < -0.39 is 22.4 Å². The number of amides is 1. The molecule has 140 valence electrons. The van der Waals surface area contributed by atoms with Gasteiger partial charge in [0.05, 0.1) is 23.5 Å². The summed E-state index contributed by atoms with van der Waals surface area (Å²) in [4.78, 5) is 47.2. The molecule has 1 amide bonds. The predicted molar refractivity (Wildman–Crippen MR) is 107 cm³/mol. The number of anilines is 1. The van der Waals surface area contributed by atoms with E-state index in [4.69, 9.17) is 11.0 Å². The Hall–Kier alpha value is -2.88. The molecule has 0 radical (unpaired) electrons. The van der Waals surface area contributed by atoms with Crippen LogP contribution in [0.15, 0.2) is 54.1 Å². The zero-order valence-electron chi connectivity index (χ0n) is 13.5. The lowest BCUT2D eigenvalue weighted by Gasteiger charge is -2.17. The summed E-state index contributed by atoms with van der Waals surface area (Å²) in [5.41, 5.74) is 5.02. The van der Waals surface area contributed by atoms with Crippen LogP contribution < -0.4 is 11.1 Å². The molecular weight excluding hydrogens is 472 g/mol. The molecular formula is C16H7BrN4O5S2. The quantitative estimate of drug-likeness (QED) is 0.218. The van der Waals surface area contributed by atoms with Crippen LogP contribution in [0.1, 0.15) is 0 Å². The number of ketones is 2. The minimum absolute atomic E-state index is 0.0264. The van der Waals surface area contributed by atoms with Crippen molar-refractivity contribution in [1.29, 1.82) is 5.26 Å². The van der Waals surface area contributed by atoms with E-state index in [1.807, 2.05) is 0 Å². The van der Waals surface area contributed by atoms with E-state index >= 15 is 0 Å². The monoisotopic (exact) mass is 478 g/mol. The van der Waals surface area contributed by atoms with Crippen molar-refractivity contribution in [3.63, 3.8) is 0 Å². The van der Waals surface area contributed by atoms with Gasteiger partial charge in [-0.2, -0.15) is 5.26 Å². The topological polar surface area (TPSA) is 156 Å². The van der Waals surface area contributed by atoms with Crippen molar-refractivity contribution in [2.45, 2.75) is 0 Å². The van der Waals surface area contributed by atoms with Gasteiger partial charge in [-0.05, 0) is 28.1 Å². The van der Waals surface area contributed by atoms with Gasteiger partial charge in [0.25, 0.3) is 11.6 Å². The summed E-state index contributed by atoms with van der Waals surface area (Å²) >= 11 is 4.78. The third-order valence-corrected chi connectivity index (χ3v) is 6.92. The summed E-state index contributed by atoms with van der Waals surface area (Å²) in [5.74, 6) is -1.96. The molecule has 0 atom stereocenters. The van der Waals surface area contributed by atoms with Crippen molar-refractivity contribution < 1.29 is 19.3 Å². The lowest BCUT2D eigenvalue weighted by molar-refractivity contribution is -0.384. The number of thioether (sulfide) groups is 2. The standard InChI is InChI=1S/C16H7BrN4O5S2/c17-9-10(20-6-1-3-7(4-2-6)21(25)26)12(23)14-13(11(9)22)27-16(28-14)8(5-18)15(19)24/h1-4,20H,(H2,19,24)/b16-8+. The number of nitrogens with one attached hydrogen (secondary N) is 1. The van der Waals surface area contributed by atoms with Crippen molar-refractivity contribution in [3.8, 4) is 6.07 Å². The lowest BCUT2D eigenvalue weighted by atomic mass is 10.1. The largest absolute Gasteiger partial charge is 0.365 e. The Morgan fingerprint density at radius 3 is 2.25 bits per heavy atom. The van der Waals surface area contributed by atoms with Crippen molar-refractivity contribution >= 4 is 68.3 Å². The van der Waals surface area contributed by atoms with E-state index in [-0.39, 0.29) is 35.5 Å². The first-order valence-electron chi connectivity index (χ1n) is 7.29. The third kappa shape index (κ3) is 3.47. The highest BCUT2D eigenvalue weighted by Crippen LogP contribution is 2.54. The van der Waals surface area contributed by atoms with Gasteiger partial charge >= 0.3 is 0 Å². The summed E-state index contributed by atoms with van der Waals surface area (Å²) in [5, 5.41) is 22.6. The highest BCUT2D eigenvalue weighted by molar-refractivity contribution is 9.12. The van der Waals surface area contributed by atoms with Crippen LogP contribution in [-0.4, -0.2) is 22.4 Å². The maximum atomic E-state index is 12.8. The fraction of sp³-hybridized carbons (Fsp3) is 0. The predicted octanol–water partition coefficient (Wildman–Crippen LogP) is 2.68. The molecule has 0 aromatic heterocycles. The van der Waals surface area contributed by atoms with Gasteiger partial charge in [0.15, 0.2) is 0 Å². The number of hydrogen-bond donors (Lipinski definition) is 2. The number of halogens is 1. The minimum atomic E-state index is -0.950. The first-order valence-corrected chi connectivity index (χ1v) is 9.72. The molecule has 1 aliphatic carbocycles. The molecule has 3 rings (SSSR count). The Balaban J connectivity index is 1.92. The van der Waals surface area contributed by atoms with E-state index in [1.54, 1.807) is 6.07 Å². The molecule has 0 bridgehead atoms. The first kappa shape index (κ1) is 19.9. The van der Waals surface area contributed by atoms with E-state index in [0.29, 0.717) is 5.69 Å². The fourth-order valence-corrected chi connectivity index (χ4v) is 5.40. The Morgan fingerprint density at radius 2 is 1.75 bits per heavy atom. The smallest absolute Gasteiger partial charge is 0.269 e. The van der Waals surface area contributed by atoms with Crippen molar-refractivity contribution in [2.75, 3.05) is 5.32 Å². The number of allylic oxidation sites excluding steroid dienone is 3. The van der Waals surface area contributed by atoms with Crippen LogP contribution in [0.3, 0.4) is 0 Å². The molecule has 0 fully saturated rings. The lowest BCUT2D eigenvalue weighted by Crippen LogP contribution is -2.22. The van der Waals surface area contributed by atoms with Crippen molar-refractivity contribution in [2.24, 2.45) is 5.73 Å². The minimum Gasteiger partial charge on any atom is -0.365 e. The van der Waals surface area contributed by atoms with E-state index in [0.717, 1.165) is 23.5 Å². The second-order valence-corrected chi connectivity index (χ2v) is 8.37. The second-order valence-electron chi connectivity index (χ2n) is 5.28. The van der Waals surface area contributed by atoms with Crippen LogP contribution in [0.4, 0.5) is 11.4 Å². The Labute approximate surface area is 174 Å². The molecule has 0 saturated heterocycles. The molecule has 12 heteroatoms. The van der Waals surface area contributed by atoms with Gasteiger partial charge < -0.3 is 11.1 Å². The molecule has 0 saturated carbocycles. The maximum absolute atomic E-state index is 12.8. The van der Waals surface area contributed by atoms with Gasteiger partial charge in [-0.15, -0.1) is 0 Å². The van der Waals surface area contributed by atoms with Gasteiger partial charge in [0.2, 0.25) is 11.6 Å². The number of nitriles is 1. The van der Waals surface area contributed by atoms with E-state index in [2.05, 4.69) is 21.2 Å². The van der Waals surface area contributed by atoms with Crippen LogP contribution in [0, 0.1) is 21.4 Å². The van der Waals surface area contributed by atoms with E-state index in [1.165, 1.54) is 24.3 Å². The van der Waals surface area contributed by atoms with Crippen LogP contribution in [0.2, 0.25) is 0 Å². The molecule has 0 spiro atoms. The Bertz CT molecular complexity index is 1100. The number of Topliss-reactive ketones (excluding diaryl/α,β-unsaturated/α-hetero) is 2. The highest BCUT2D eigenvalue weighted by atomic mass is 79.9. The summed E-state index contributed by atoms with van der Waals surface area (Å²) in [6, 6.07) is 6.98. The molecule has 28 heavy (non-hydrogen) atoms. The number of non-ortho nitro benzene ring substituents is 1. The number of hydrogen-bond acceptors (Lipinski definition) is 9. The molecule has 1 heterocycles. The molecule has 1 aliphatic heterocycles. The number of carbonyl (C=O) groups is 3. The van der Waals surface area contributed by atoms with Gasteiger partial charge in [-0.1, -0.05) is 23.5 Å². The number of primary amides is 1. The summed E-state index contributed by atoms with van der Waals surface area (Å²) in [6.07, 6.45) is 0. The average Bonchev–Trinajstić information content (AvgIpc) is 3.09. The zero-order valence-corrected chi connectivity index (χ0v) is 16.7. The molecule has 9 nitrogen and oxygen atoms in total. The zero-order chi connectivity index (χ0) is 20.6. The Kier molecular flexibility index (Phi) is 5.41. The summed E-state index contributed by atoms with van der Waals surface area (Å²) < 4.78 is 0.139. The number of nitro groups is 1. The molecule has 1 aromatic rings. The van der Waals surface area contributed by atoms with Gasteiger partial charge in [-0.25, -0.2) is 0 Å². The van der Waals surface area contributed by atoms with Gasteiger partial charge in [0, 0.05) is 17.8 Å². The number of benzene rings is 1. The molecule has 0 unspecified atom stereocenters. The van der Waals surface area contributed by atoms with Gasteiger partial charge in [-0.3, -0.25) is 24.5 Å². The maximum Gasteiger partial charge on any atom is 0.269 e. The number of nitrogens with zero attached hydrogens (tertiary/aromatic N) is 2. The number of nitrogens with two attached hydrogens (primary N) is 1. The molecule has 2 aliphatic rings.